The quantitative estimate of drug-likeness (QED) is 0.190. The summed E-state index contributed by atoms with van der Waals surface area (Å²) in [4.78, 5) is 5.26. The molecule has 1 aliphatic rings. The van der Waals surface area contributed by atoms with Crippen LogP contribution in [0.4, 0.5) is 0 Å². The third-order valence-electron chi connectivity index (χ3n) is 10.2. The molecule has 0 unspecified atom stereocenters. The number of hydrogen-bond donors (Lipinski definition) is 0. The predicted octanol–water partition coefficient (Wildman–Crippen LogP) is 10.8. The van der Waals surface area contributed by atoms with Gasteiger partial charge in [-0.15, -0.1) is 0 Å². The molecule has 0 aliphatic heterocycles. The summed E-state index contributed by atoms with van der Waals surface area (Å²) in [6.07, 6.45) is 7.00. The van der Waals surface area contributed by atoms with Gasteiger partial charge in [-0.2, -0.15) is 0 Å². The Hall–Kier alpha value is -6.25. The van der Waals surface area contributed by atoms with Gasteiger partial charge in [-0.3, -0.25) is 4.57 Å². The molecule has 2 heteroatoms. The number of aromatic nitrogens is 2. The topological polar surface area (TPSA) is 17.8 Å². The van der Waals surface area contributed by atoms with Crippen molar-refractivity contribution in [3.8, 4) is 39.3 Å². The van der Waals surface area contributed by atoms with Crippen molar-refractivity contribution in [3.63, 3.8) is 0 Å². The molecule has 2 nitrogen and oxygen atoms in total. The molecule has 0 N–H and O–H groups in total. The van der Waals surface area contributed by atoms with Crippen LogP contribution in [0.1, 0.15) is 12.8 Å². The van der Waals surface area contributed by atoms with Gasteiger partial charge in [-0.05, 0) is 120 Å². The van der Waals surface area contributed by atoms with Crippen LogP contribution in [-0.4, -0.2) is 9.55 Å². The molecule has 0 saturated carbocycles. The Morgan fingerprint density at radius 1 is 0.429 bits per heavy atom. The smallest absolute Gasteiger partial charge is 0.145 e. The largest absolute Gasteiger partial charge is 0.292 e. The molecule has 230 valence electrons. The Balaban J connectivity index is 1.33. The average molecular weight is 625 g/mol. The highest BCUT2D eigenvalue weighted by atomic mass is 15.1. The Morgan fingerprint density at radius 3 is 1.65 bits per heavy atom. The van der Waals surface area contributed by atoms with Gasteiger partial charge in [-0.25, -0.2) is 4.98 Å². The number of hydrogen-bond acceptors (Lipinski definition) is 1. The van der Waals surface area contributed by atoms with Crippen LogP contribution in [0.25, 0.3) is 94.8 Å². The summed E-state index contributed by atoms with van der Waals surface area (Å²) in [7, 11) is 0. The first kappa shape index (κ1) is 27.8. The zero-order chi connectivity index (χ0) is 32.3. The van der Waals surface area contributed by atoms with Crippen molar-refractivity contribution in [2.45, 2.75) is 12.8 Å². The molecule has 0 bridgehead atoms. The molecule has 0 saturated heterocycles. The highest BCUT2D eigenvalue weighted by Crippen LogP contribution is 2.38. The second kappa shape index (κ2) is 11.2. The van der Waals surface area contributed by atoms with Gasteiger partial charge in [-0.1, -0.05) is 127 Å². The fraction of sp³-hybridized carbons (Fsp3) is 0.0426. The zero-order valence-corrected chi connectivity index (χ0v) is 27.0. The van der Waals surface area contributed by atoms with E-state index < -0.39 is 0 Å². The standard InChI is InChI=1S/C47H32N2/c1-2-16-38(17-3-1)49-44-21-11-10-20-43(44)48-47(49)37-26-27-41-42(30-37)46(36-25-23-32-13-5-7-15-34(32)29-36)40-19-9-8-18-39(40)45(41)35-24-22-31-12-4-6-14-33(31)28-35/h1-7,10-30H,8-9H2. The van der Waals surface area contributed by atoms with E-state index in [4.69, 9.17) is 4.98 Å². The molecular formula is C47H32N2. The molecule has 0 radical (unpaired) electrons. The van der Waals surface area contributed by atoms with Crippen LogP contribution < -0.4 is 10.4 Å². The van der Waals surface area contributed by atoms with Crippen molar-refractivity contribution in [2.75, 3.05) is 0 Å². The summed E-state index contributed by atoms with van der Waals surface area (Å²) in [5.74, 6) is 0.944. The van der Waals surface area contributed by atoms with Crippen molar-refractivity contribution in [1.82, 2.24) is 9.55 Å². The number of fused-ring (bicyclic) bond motifs is 5. The third kappa shape index (κ3) is 4.52. The summed E-state index contributed by atoms with van der Waals surface area (Å²) < 4.78 is 2.30. The molecule has 0 spiro atoms. The van der Waals surface area contributed by atoms with Crippen LogP contribution in [0.2, 0.25) is 0 Å². The molecule has 1 aliphatic carbocycles. The Bertz CT molecular complexity index is 2880. The highest BCUT2D eigenvalue weighted by molar-refractivity contribution is 6.09. The molecular weight excluding hydrogens is 593 g/mol. The minimum absolute atomic E-state index is 0.944. The molecule has 0 fully saturated rings. The lowest BCUT2D eigenvalue weighted by Gasteiger charge is -2.19. The molecule has 10 rings (SSSR count). The summed E-state index contributed by atoms with van der Waals surface area (Å²) in [6, 6.07) is 57.3. The van der Waals surface area contributed by atoms with Crippen molar-refractivity contribution in [1.29, 1.82) is 0 Å². The first-order valence-electron chi connectivity index (χ1n) is 17.1. The summed E-state index contributed by atoms with van der Waals surface area (Å²) in [6.45, 7) is 0. The molecule has 9 aromatic rings. The lowest BCUT2D eigenvalue weighted by molar-refractivity contribution is 1.10. The van der Waals surface area contributed by atoms with Crippen LogP contribution in [0.3, 0.4) is 0 Å². The minimum atomic E-state index is 0.944. The van der Waals surface area contributed by atoms with Gasteiger partial charge >= 0.3 is 0 Å². The van der Waals surface area contributed by atoms with Gasteiger partial charge in [0.1, 0.15) is 5.82 Å². The lowest BCUT2D eigenvalue weighted by Crippen LogP contribution is -2.31. The van der Waals surface area contributed by atoms with Crippen molar-refractivity contribution >= 4 is 55.5 Å². The Kier molecular flexibility index (Phi) is 6.35. The molecule has 8 aromatic carbocycles. The fourth-order valence-corrected chi connectivity index (χ4v) is 7.92. The summed E-state index contributed by atoms with van der Waals surface area (Å²) in [5.41, 5.74) is 9.38. The maximum Gasteiger partial charge on any atom is 0.145 e. The van der Waals surface area contributed by atoms with Gasteiger partial charge in [0.15, 0.2) is 0 Å². The summed E-state index contributed by atoms with van der Waals surface area (Å²) in [5, 5.41) is 10.2. The fourth-order valence-electron chi connectivity index (χ4n) is 7.92. The minimum Gasteiger partial charge on any atom is -0.292 e. The third-order valence-corrected chi connectivity index (χ3v) is 10.2. The monoisotopic (exact) mass is 624 g/mol. The van der Waals surface area contributed by atoms with E-state index >= 15 is 0 Å². The van der Waals surface area contributed by atoms with E-state index in [1.54, 1.807) is 0 Å². The second-order valence-corrected chi connectivity index (χ2v) is 13.0. The zero-order valence-electron chi connectivity index (χ0n) is 27.0. The second-order valence-electron chi connectivity index (χ2n) is 13.0. The molecule has 1 heterocycles. The van der Waals surface area contributed by atoms with Gasteiger partial charge in [0.25, 0.3) is 0 Å². The van der Waals surface area contributed by atoms with E-state index in [-0.39, 0.29) is 0 Å². The number of nitrogens with zero attached hydrogens (tertiary/aromatic N) is 2. The van der Waals surface area contributed by atoms with E-state index in [1.165, 1.54) is 65.0 Å². The maximum absolute atomic E-state index is 5.26. The van der Waals surface area contributed by atoms with Gasteiger partial charge in [0, 0.05) is 11.3 Å². The number of para-hydroxylation sites is 3. The van der Waals surface area contributed by atoms with E-state index in [2.05, 4.69) is 174 Å². The Labute approximate surface area is 284 Å². The number of imidazole rings is 1. The summed E-state index contributed by atoms with van der Waals surface area (Å²) >= 11 is 0. The Morgan fingerprint density at radius 2 is 0.980 bits per heavy atom. The van der Waals surface area contributed by atoms with Crippen LogP contribution in [0, 0.1) is 0 Å². The van der Waals surface area contributed by atoms with E-state index in [0.29, 0.717) is 0 Å². The molecule has 1 aromatic heterocycles. The van der Waals surface area contributed by atoms with E-state index in [9.17, 15) is 0 Å². The molecule has 0 atom stereocenters. The van der Waals surface area contributed by atoms with Crippen molar-refractivity contribution < 1.29 is 0 Å². The highest BCUT2D eigenvalue weighted by Gasteiger charge is 2.20. The molecule has 0 amide bonds. The van der Waals surface area contributed by atoms with Gasteiger partial charge < -0.3 is 0 Å². The van der Waals surface area contributed by atoms with Gasteiger partial charge in [0.2, 0.25) is 0 Å². The van der Waals surface area contributed by atoms with Crippen LogP contribution in [0.5, 0.6) is 0 Å². The maximum atomic E-state index is 5.26. The van der Waals surface area contributed by atoms with Gasteiger partial charge in [0.05, 0.1) is 11.0 Å². The first-order valence-corrected chi connectivity index (χ1v) is 17.1. The van der Waals surface area contributed by atoms with Crippen molar-refractivity contribution in [2.24, 2.45) is 0 Å². The SMILES string of the molecule is C1=c2c(-c3ccc4ccccc4c3)c3ccc(-c4nc5ccccc5n4-c4ccccc4)cc3c(-c3ccc4ccccc4c3)c2=CCC1. The first-order chi connectivity index (χ1) is 24.3. The van der Waals surface area contributed by atoms with E-state index in [0.717, 1.165) is 41.0 Å². The lowest BCUT2D eigenvalue weighted by atomic mass is 9.85. The van der Waals surface area contributed by atoms with Crippen LogP contribution in [-0.2, 0) is 0 Å². The van der Waals surface area contributed by atoms with Crippen LogP contribution >= 0.6 is 0 Å². The number of benzene rings is 8. The van der Waals surface area contributed by atoms with E-state index in [1.807, 2.05) is 0 Å². The van der Waals surface area contributed by atoms with Crippen LogP contribution in [0.15, 0.2) is 158 Å². The predicted molar refractivity (Wildman–Crippen MR) is 207 cm³/mol. The molecule has 49 heavy (non-hydrogen) atoms. The number of rotatable bonds is 4. The van der Waals surface area contributed by atoms with Crippen molar-refractivity contribution in [3.05, 3.63) is 168 Å². The average Bonchev–Trinajstić information content (AvgIpc) is 3.56. The normalized spacial score (nSPS) is 12.7.